The van der Waals surface area contributed by atoms with Crippen LogP contribution in [-0.2, 0) is 71.2 Å². The lowest BCUT2D eigenvalue weighted by atomic mass is 9.98. The molecule has 356 valence electrons. The molecule has 0 fully saturated rings. The molecule has 2 aromatic carbocycles. The Morgan fingerprint density at radius 2 is 0.762 bits per heavy atom. The molecular formula is C45H69NO17. The Morgan fingerprint density at radius 1 is 0.429 bits per heavy atom. The summed E-state index contributed by atoms with van der Waals surface area (Å²) in [4.78, 5) is 34.2. The summed E-state index contributed by atoms with van der Waals surface area (Å²) in [7, 11) is 0. The number of esters is 1. The van der Waals surface area contributed by atoms with Gasteiger partial charge in [0.1, 0.15) is 13.2 Å². The number of nitrogens with one attached hydrogen (secondary N) is 1. The molecule has 0 unspecified atom stereocenters. The van der Waals surface area contributed by atoms with E-state index in [4.69, 9.17) is 66.7 Å². The van der Waals surface area contributed by atoms with Crippen molar-refractivity contribution in [3.63, 3.8) is 0 Å². The molecular weight excluding hydrogens is 826 g/mol. The number of hydrogen-bond acceptors (Lipinski definition) is 16. The third-order valence-corrected chi connectivity index (χ3v) is 9.09. The molecule has 63 heavy (non-hydrogen) atoms. The molecule has 0 saturated carbocycles. The zero-order valence-corrected chi connectivity index (χ0v) is 36.7. The van der Waals surface area contributed by atoms with Gasteiger partial charge in [0.2, 0.25) is 0 Å². The van der Waals surface area contributed by atoms with Crippen molar-refractivity contribution in [1.82, 2.24) is 5.32 Å². The Balaban J connectivity index is 0.917. The van der Waals surface area contributed by atoms with Crippen LogP contribution >= 0.6 is 0 Å². The topological polar surface area (TPSA) is 203 Å². The summed E-state index contributed by atoms with van der Waals surface area (Å²) in [5.41, 5.74) is 4.75. The minimum Gasteiger partial charge on any atom is -0.481 e. The molecule has 18 heteroatoms. The Hall–Kier alpha value is -3.79. The highest BCUT2D eigenvalue weighted by atomic mass is 16.6. The van der Waals surface area contributed by atoms with E-state index in [1.54, 1.807) is 0 Å². The molecule has 0 aliphatic heterocycles. The van der Waals surface area contributed by atoms with Gasteiger partial charge in [-0.05, 0) is 35.1 Å². The second-order valence-corrected chi connectivity index (χ2v) is 13.8. The predicted octanol–water partition coefficient (Wildman–Crippen LogP) is 3.90. The van der Waals surface area contributed by atoms with Gasteiger partial charge in [-0.25, -0.2) is 4.79 Å². The SMILES string of the molecule is O=C(O)CCCCC(=O)OCCOCCOCCOCCOCCOCCOCCOCCOCCOCCOCCOCCNC(=O)OCC1c2ccccc2-c2ccccc21. The van der Waals surface area contributed by atoms with Gasteiger partial charge in [0.15, 0.2) is 0 Å². The number of rotatable bonds is 43. The fourth-order valence-corrected chi connectivity index (χ4v) is 6.01. The molecule has 0 spiro atoms. The van der Waals surface area contributed by atoms with Gasteiger partial charge in [-0.15, -0.1) is 0 Å². The Labute approximate surface area is 371 Å². The molecule has 2 N–H and O–H groups in total. The van der Waals surface area contributed by atoms with Crippen molar-refractivity contribution in [3.8, 4) is 11.1 Å². The standard InChI is InChI=1S/C45H69NO17/c47-43(48)11-5-6-12-44(49)62-36-35-61-34-33-60-32-31-59-30-29-58-28-27-57-26-25-56-24-23-55-22-21-54-20-19-53-18-17-52-16-15-51-14-13-46-45(50)63-37-42-40-9-3-1-7-38(40)39-8-2-4-10-41(39)42/h1-4,7-10,42H,5-6,11-37H2,(H,46,50)(H,47,48). The molecule has 0 bridgehead atoms. The molecule has 0 radical (unpaired) electrons. The quantitative estimate of drug-likeness (QED) is 0.0716. The fraction of sp³-hybridized carbons (Fsp3) is 0.667. The number of fused-ring (bicyclic) bond motifs is 3. The first kappa shape index (κ1) is 53.5. The zero-order valence-electron chi connectivity index (χ0n) is 36.7. The van der Waals surface area contributed by atoms with Crippen LogP contribution in [0.15, 0.2) is 48.5 Å². The summed E-state index contributed by atoms with van der Waals surface area (Å²) in [6.07, 6.45) is 0.751. The van der Waals surface area contributed by atoms with Crippen LogP contribution in [-0.4, -0.2) is 188 Å². The molecule has 18 nitrogen and oxygen atoms in total. The van der Waals surface area contributed by atoms with E-state index in [2.05, 4.69) is 29.6 Å². The third-order valence-electron chi connectivity index (χ3n) is 9.09. The predicted molar refractivity (Wildman–Crippen MR) is 229 cm³/mol. The molecule has 1 aliphatic rings. The third kappa shape index (κ3) is 27.2. The number of hydrogen-bond donors (Lipinski definition) is 2. The van der Waals surface area contributed by atoms with Gasteiger partial charge in [0.25, 0.3) is 0 Å². The first-order chi connectivity index (χ1) is 31.1. The van der Waals surface area contributed by atoms with Crippen LogP contribution in [0.1, 0.15) is 42.7 Å². The highest BCUT2D eigenvalue weighted by Crippen LogP contribution is 2.44. The van der Waals surface area contributed by atoms with Gasteiger partial charge < -0.3 is 72.0 Å². The van der Waals surface area contributed by atoms with E-state index in [-0.39, 0.29) is 44.5 Å². The Morgan fingerprint density at radius 3 is 1.14 bits per heavy atom. The van der Waals surface area contributed by atoms with E-state index in [0.29, 0.717) is 158 Å². The monoisotopic (exact) mass is 895 g/mol. The van der Waals surface area contributed by atoms with E-state index >= 15 is 0 Å². The number of carbonyl (C=O) groups is 3. The highest BCUT2D eigenvalue weighted by Gasteiger charge is 2.29. The van der Waals surface area contributed by atoms with Crippen molar-refractivity contribution in [2.45, 2.75) is 31.6 Å². The summed E-state index contributed by atoms with van der Waals surface area (Å²) in [5.74, 6) is -1.19. The minimum absolute atomic E-state index is 0.0283. The maximum Gasteiger partial charge on any atom is 0.407 e. The van der Waals surface area contributed by atoms with E-state index < -0.39 is 12.1 Å². The molecule has 1 aliphatic carbocycles. The van der Waals surface area contributed by atoms with Gasteiger partial charge in [0, 0.05) is 25.3 Å². The molecule has 1 amide bonds. The normalized spacial score (nSPS) is 12.0. The zero-order chi connectivity index (χ0) is 44.7. The number of carboxylic acid groups (broad SMARTS) is 1. The number of carbonyl (C=O) groups excluding carboxylic acids is 2. The summed E-state index contributed by atoms with van der Waals surface area (Å²) in [5, 5.41) is 11.3. The van der Waals surface area contributed by atoms with E-state index in [1.807, 2.05) is 24.3 Å². The summed E-state index contributed by atoms with van der Waals surface area (Å²) >= 11 is 0. The van der Waals surface area contributed by atoms with Gasteiger partial charge in [-0.1, -0.05) is 48.5 Å². The maximum absolute atomic E-state index is 12.3. The van der Waals surface area contributed by atoms with Crippen LogP contribution in [0.2, 0.25) is 0 Å². The molecule has 0 saturated heterocycles. The lowest BCUT2D eigenvalue weighted by molar-refractivity contribution is -0.146. The summed E-state index contributed by atoms with van der Waals surface area (Å²) in [6, 6.07) is 16.5. The lowest BCUT2D eigenvalue weighted by Crippen LogP contribution is -2.29. The number of ether oxygens (including phenoxy) is 13. The van der Waals surface area contributed by atoms with Crippen molar-refractivity contribution in [2.24, 2.45) is 0 Å². The molecule has 0 heterocycles. The van der Waals surface area contributed by atoms with Gasteiger partial charge in [0.05, 0.1) is 145 Å². The minimum atomic E-state index is -0.867. The highest BCUT2D eigenvalue weighted by molar-refractivity contribution is 5.79. The fourth-order valence-electron chi connectivity index (χ4n) is 6.01. The van der Waals surface area contributed by atoms with E-state index in [1.165, 1.54) is 22.3 Å². The van der Waals surface area contributed by atoms with Crippen LogP contribution in [0.4, 0.5) is 4.79 Å². The first-order valence-electron chi connectivity index (χ1n) is 21.9. The summed E-state index contributed by atoms with van der Waals surface area (Å²) < 4.78 is 70.8. The number of benzene rings is 2. The van der Waals surface area contributed by atoms with Crippen molar-refractivity contribution >= 4 is 18.0 Å². The lowest BCUT2D eigenvalue weighted by Gasteiger charge is -2.14. The summed E-state index contributed by atoms with van der Waals surface area (Å²) in [6.45, 7) is 10.4. The van der Waals surface area contributed by atoms with Crippen LogP contribution in [0, 0.1) is 0 Å². The maximum atomic E-state index is 12.3. The average Bonchev–Trinajstić information content (AvgIpc) is 3.61. The molecule has 0 aromatic heterocycles. The van der Waals surface area contributed by atoms with Gasteiger partial charge in [-0.2, -0.15) is 0 Å². The number of alkyl carbamates (subject to hydrolysis) is 1. The van der Waals surface area contributed by atoms with Crippen LogP contribution < -0.4 is 5.32 Å². The van der Waals surface area contributed by atoms with Crippen LogP contribution in [0.25, 0.3) is 11.1 Å². The van der Waals surface area contributed by atoms with Crippen molar-refractivity contribution in [2.75, 3.05) is 165 Å². The van der Waals surface area contributed by atoms with E-state index in [0.717, 1.165) is 0 Å². The second-order valence-electron chi connectivity index (χ2n) is 13.8. The Bertz CT molecular complexity index is 1420. The average molecular weight is 896 g/mol. The molecule has 2 aromatic rings. The largest absolute Gasteiger partial charge is 0.481 e. The molecule has 0 atom stereocenters. The molecule has 3 rings (SSSR count). The smallest absolute Gasteiger partial charge is 0.407 e. The van der Waals surface area contributed by atoms with Crippen molar-refractivity contribution < 1.29 is 81.1 Å². The number of aliphatic carboxylic acids is 1. The van der Waals surface area contributed by atoms with Gasteiger partial charge in [-0.3, -0.25) is 9.59 Å². The van der Waals surface area contributed by atoms with Crippen molar-refractivity contribution in [1.29, 1.82) is 0 Å². The number of unbranched alkanes of at least 4 members (excludes halogenated alkanes) is 1. The first-order valence-corrected chi connectivity index (χ1v) is 21.9. The van der Waals surface area contributed by atoms with Crippen LogP contribution in [0.5, 0.6) is 0 Å². The second kappa shape index (κ2) is 37.6. The van der Waals surface area contributed by atoms with Crippen LogP contribution in [0.3, 0.4) is 0 Å². The van der Waals surface area contributed by atoms with Crippen molar-refractivity contribution in [3.05, 3.63) is 59.7 Å². The number of amides is 1. The Kier molecular flexibility index (Phi) is 31.9. The number of carboxylic acids is 1. The van der Waals surface area contributed by atoms with Gasteiger partial charge >= 0.3 is 18.0 Å². The van der Waals surface area contributed by atoms with E-state index in [9.17, 15) is 14.4 Å².